The Balaban J connectivity index is 1.12. The number of halogens is 3. The Hall–Kier alpha value is -4.67. The first-order valence-electron chi connectivity index (χ1n) is 17.4. The van der Waals surface area contributed by atoms with Crippen molar-refractivity contribution >= 4 is 29.1 Å². The molecule has 50 heavy (non-hydrogen) atoms. The fourth-order valence-electron chi connectivity index (χ4n) is 7.36. The molecule has 0 spiro atoms. The van der Waals surface area contributed by atoms with E-state index in [1.165, 1.54) is 49.0 Å². The summed E-state index contributed by atoms with van der Waals surface area (Å²) in [7, 11) is 0. The van der Waals surface area contributed by atoms with Gasteiger partial charge in [0.15, 0.2) is 5.82 Å². The van der Waals surface area contributed by atoms with E-state index in [0.717, 1.165) is 66.0 Å². The van der Waals surface area contributed by atoms with Gasteiger partial charge in [-0.15, -0.1) is 0 Å². The highest BCUT2D eigenvalue weighted by atomic mass is 19.4. The molecule has 1 N–H and O–H groups in total. The van der Waals surface area contributed by atoms with Gasteiger partial charge in [-0.25, -0.2) is 15.0 Å². The van der Waals surface area contributed by atoms with Crippen molar-refractivity contribution in [3.63, 3.8) is 0 Å². The Bertz CT molecular complexity index is 1750. The van der Waals surface area contributed by atoms with Crippen LogP contribution in [-0.4, -0.2) is 56.6 Å². The van der Waals surface area contributed by atoms with Gasteiger partial charge in [0.05, 0.1) is 11.5 Å². The van der Waals surface area contributed by atoms with E-state index >= 15 is 0 Å². The number of carbonyl (C=O) groups is 3. The molecule has 1 saturated carbocycles. The fraction of sp³-hybridized carbons (Fsp3) is 0.436. The Labute approximate surface area is 289 Å². The standard InChI is InChI=1S/C39H41F3N4O4/c1-2-24-3-7-26(8-4-24)27-11-13-28(14-12-27)31-20-43-35(44-21-31)29-9-5-25(6-10-29)19-34(37(48)46-22-32(23-46)38(49)50)45-36(47)30-15-17-33(18-16-30)39(40,41)42/h5-6,9-10,13,15-18,20-21,24,26-27,32H,2-4,7-8,11-12,14,19,22-23H2,1H3,(H,49,50). The highest BCUT2D eigenvalue weighted by Crippen LogP contribution is 2.41. The Morgan fingerprint density at radius 3 is 2.10 bits per heavy atom. The average Bonchev–Trinajstić information content (AvgIpc) is 3.10. The molecule has 1 unspecified atom stereocenters. The molecule has 8 nitrogen and oxygen atoms in total. The van der Waals surface area contributed by atoms with E-state index in [-0.39, 0.29) is 30.8 Å². The SMILES string of the molecule is CCC1CCC(C2CC=C(c3cnc(-c4ccc(CC(=NC(=O)c5ccc(C(F)(F)F)cc5)C(=O)N5CC(C(=O)O)C5)cc4)nc3)CC2)CC1. The van der Waals surface area contributed by atoms with Crippen molar-refractivity contribution in [1.82, 2.24) is 14.9 Å². The largest absolute Gasteiger partial charge is 0.481 e. The third-order valence-corrected chi connectivity index (χ3v) is 10.7. The molecule has 11 heteroatoms. The van der Waals surface area contributed by atoms with Crippen molar-refractivity contribution in [3.05, 3.63) is 89.3 Å². The molecule has 0 radical (unpaired) electrons. The molecule has 1 atom stereocenters. The monoisotopic (exact) mass is 686 g/mol. The van der Waals surface area contributed by atoms with E-state index in [2.05, 4.69) is 28.0 Å². The molecule has 3 aliphatic rings. The third-order valence-electron chi connectivity index (χ3n) is 10.7. The van der Waals surface area contributed by atoms with Crippen LogP contribution in [-0.2, 0) is 22.2 Å². The maximum absolute atomic E-state index is 13.3. The number of hydrogen-bond acceptors (Lipinski definition) is 5. The van der Waals surface area contributed by atoms with E-state index in [1.54, 1.807) is 12.1 Å². The molecular weight excluding hydrogens is 645 g/mol. The predicted octanol–water partition coefficient (Wildman–Crippen LogP) is 7.93. The first kappa shape index (κ1) is 35.2. The summed E-state index contributed by atoms with van der Waals surface area (Å²) in [6, 6.07) is 10.8. The summed E-state index contributed by atoms with van der Waals surface area (Å²) in [5, 5.41) is 9.23. The highest BCUT2D eigenvalue weighted by molar-refractivity contribution is 6.41. The summed E-state index contributed by atoms with van der Waals surface area (Å²) in [6.45, 7) is 2.26. The van der Waals surface area contributed by atoms with Crippen molar-refractivity contribution in [2.45, 2.75) is 70.9 Å². The summed E-state index contributed by atoms with van der Waals surface area (Å²) in [5.74, 6) is -0.133. The lowest BCUT2D eigenvalue weighted by atomic mass is 9.71. The number of allylic oxidation sites excluding steroid dienone is 2. The summed E-state index contributed by atoms with van der Waals surface area (Å²) < 4.78 is 39.0. The van der Waals surface area contributed by atoms with E-state index in [0.29, 0.717) is 11.4 Å². The minimum atomic E-state index is -4.56. The molecule has 1 aromatic heterocycles. The molecule has 2 fully saturated rings. The molecule has 262 valence electrons. The second-order valence-electron chi connectivity index (χ2n) is 13.8. The van der Waals surface area contributed by atoms with Crippen LogP contribution < -0.4 is 0 Å². The lowest BCUT2D eigenvalue weighted by Gasteiger charge is -2.36. The van der Waals surface area contributed by atoms with Gasteiger partial charge < -0.3 is 10.0 Å². The maximum atomic E-state index is 13.3. The predicted molar refractivity (Wildman–Crippen MR) is 183 cm³/mol. The Morgan fingerprint density at radius 1 is 0.880 bits per heavy atom. The van der Waals surface area contributed by atoms with Gasteiger partial charge in [0.2, 0.25) is 0 Å². The molecule has 6 rings (SSSR count). The van der Waals surface area contributed by atoms with Crippen LogP contribution in [0.1, 0.15) is 85.3 Å². The maximum Gasteiger partial charge on any atom is 0.416 e. The number of aliphatic carboxylic acids is 1. The van der Waals surface area contributed by atoms with Crippen molar-refractivity contribution in [3.8, 4) is 11.4 Å². The van der Waals surface area contributed by atoms with Crippen LogP contribution in [0.5, 0.6) is 0 Å². The van der Waals surface area contributed by atoms with Crippen molar-refractivity contribution in [1.29, 1.82) is 0 Å². The van der Waals surface area contributed by atoms with E-state index in [4.69, 9.17) is 0 Å². The van der Waals surface area contributed by atoms with E-state index < -0.39 is 35.4 Å². The van der Waals surface area contributed by atoms with Gasteiger partial charge >= 0.3 is 12.1 Å². The van der Waals surface area contributed by atoms with Crippen molar-refractivity contribution in [2.24, 2.45) is 28.7 Å². The summed E-state index contributed by atoms with van der Waals surface area (Å²) >= 11 is 0. The quantitative estimate of drug-likeness (QED) is 0.229. The molecular formula is C39H41F3N4O4. The first-order chi connectivity index (χ1) is 24.0. The smallest absolute Gasteiger partial charge is 0.416 e. The number of benzene rings is 2. The second kappa shape index (κ2) is 15.1. The van der Waals surface area contributed by atoms with Crippen LogP contribution in [0.25, 0.3) is 17.0 Å². The number of aliphatic imine (C=N–C) groups is 1. The van der Waals surface area contributed by atoms with Gasteiger partial charge in [0, 0.05) is 48.6 Å². The molecule has 0 bridgehead atoms. The van der Waals surface area contributed by atoms with Crippen molar-refractivity contribution in [2.75, 3.05) is 13.1 Å². The molecule has 3 aromatic rings. The lowest BCUT2D eigenvalue weighted by molar-refractivity contribution is -0.150. The average molecular weight is 687 g/mol. The summed E-state index contributed by atoms with van der Waals surface area (Å²) in [6.07, 6.45) is 11.6. The summed E-state index contributed by atoms with van der Waals surface area (Å²) in [5.41, 5.74) is 2.59. The van der Waals surface area contributed by atoms with Gasteiger partial charge in [0.1, 0.15) is 5.71 Å². The van der Waals surface area contributed by atoms with Gasteiger partial charge in [-0.05, 0) is 85.3 Å². The number of aromatic nitrogens is 2. The molecule has 2 aliphatic carbocycles. The fourth-order valence-corrected chi connectivity index (χ4v) is 7.36. The topological polar surface area (TPSA) is 113 Å². The molecule has 2 aromatic carbocycles. The normalized spacial score (nSPS) is 21.7. The van der Waals surface area contributed by atoms with Crippen LogP contribution in [0.4, 0.5) is 13.2 Å². The van der Waals surface area contributed by atoms with Crippen LogP contribution >= 0.6 is 0 Å². The number of carboxylic acids is 1. The van der Waals surface area contributed by atoms with Crippen LogP contribution in [0.3, 0.4) is 0 Å². The van der Waals surface area contributed by atoms with Crippen LogP contribution in [0.15, 0.2) is 72.0 Å². The third kappa shape index (κ3) is 8.20. The molecule has 2 amide bonds. The van der Waals surface area contributed by atoms with Gasteiger partial charge in [-0.2, -0.15) is 13.2 Å². The number of carboxylic acid groups (broad SMARTS) is 1. The summed E-state index contributed by atoms with van der Waals surface area (Å²) in [4.78, 5) is 52.1. The zero-order valence-corrected chi connectivity index (χ0v) is 28.0. The Kier molecular flexibility index (Phi) is 10.6. The Morgan fingerprint density at radius 2 is 1.54 bits per heavy atom. The van der Waals surface area contributed by atoms with E-state index in [1.807, 2.05) is 24.5 Å². The lowest BCUT2D eigenvalue weighted by Crippen LogP contribution is -2.55. The minimum absolute atomic E-state index is 0.0225. The van der Waals surface area contributed by atoms with Crippen molar-refractivity contribution < 1.29 is 32.7 Å². The zero-order chi connectivity index (χ0) is 35.4. The zero-order valence-electron chi connectivity index (χ0n) is 28.0. The van der Waals surface area contributed by atoms with Crippen LogP contribution in [0.2, 0.25) is 0 Å². The van der Waals surface area contributed by atoms with Gasteiger partial charge in [0.25, 0.3) is 11.8 Å². The number of likely N-dealkylation sites (tertiary alicyclic amines) is 1. The second-order valence-corrected chi connectivity index (χ2v) is 13.8. The highest BCUT2D eigenvalue weighted by Gasteiger charge is 2.37. The van der Waals surface area contributed by atoms with Crippen LogP contribution in [0, 0.1) is 23.7 Å². The molecule has 1 saturated heterocycles. The van der Waals surface area contributed by atoms with E-state index in [9.17, 15) is 32.7 Å². The number of nitrogens with zero attached hydrogens (tertiary/aromatic N) is 4. The minimum Gasteiger partial charge on any atom is -0.481 e. The van der Waals surface area contributed by atoms with Gasteiger partial charge in [-0.1, -0.05) is 56.5 Å². The number of alkyl halides is 3. The number of amides is 2. The number of hydrogen-bond donors (Lipinski definition) is 1. The number of carbonyl (C=O) groups excluding carboxylic acids is 2. The molecule has 1 aliphatic heterocycles. The van der Waals surface area contributed by atoms with Gasteiger partial charge in [-0.3, -0.25) is 14.4 Å². The first-order valence-corrected chi connectivity index (χ1v) is 17.4. The molecule has 2 heterocycles. The number of rotatable bonds is 9.